The minimum atomic E-state index is -0.264. The zero-order valence-electron chi connectivity index (χ0n) is 17.7. The van der Waals surface area contributed by atoms with Gasteiger partial charge in [-0.1, -0.05) is 97.0 Å². The van der Waals surface area contributed by atoms with Gasteiger partial charge in [0.2, 0.25) is 0 Å². The van der Waals surface area contributed by atoms with E-state index in [9.17, 15) is 4.79 Å². The second-order valence-electron chi connectivity index (χ2n) is 7.85. The predicted molar refractivity (Wildman–Crippen MR) is 113 cm³/mol. The van der Waals surface area contributed by atoms with Gasteiger partial charge in [0.1, 0.15) is 0 Å². The van der Waals surface area contributed by atoms with E-state index < -0.39 is 0 Å². The summed E-state index contributed by atoms with van der Waals surface area (Å²) in [6.07, 6.45) is 20.5. The quantitative estimate of drug-likeness (QED) is 0.157. The lowest BCUT2D eigenvalue weighted by atomic mass is 10.0. The summed E-state index contributed by atoms with van der Waals surface area (Å²) in [5, 5.41) is 0. The molecule has 0 radical (unpaired) electrons. The summed E-state index contributed by atoms with van der Waals surface area (Å²) >= 11 is 0. The number of ether oxygens (including phenoxy) is 1. The van der Waals surface area contributed by atoms with Gasteiger partial charge < -0.3 is 10.5 Å². The third kappa shape index (κ3) is 18.0. The summed E-state index contributed by atoms with van der Waals surface area (Å²) in [5.74, 6) is -0.264. The molecule has 1 unspecified atom stereocenters. The molecule has 0 rings (SSSR count). The zero-order chi connectivity index (χ0) is 19.5. The van der Waals surface area contributed by atoms with Crippen molar-refractivity contribution in [2.75, 3.05) is 6.61 Å². The summed E-state index contributed by atoms with van der Waals surface area (Å²) in [6, 6.07) is 0.420. The minimum absolute atomic E-state index is 0.264. The summed E-state index contributed by atoms with van der Waals surface area (Å²) in [4.78, 5) is 11.2. The molecule has 3 heteroatoms. The number of rotatable bonds is 19. The van der Waals surface area contributed by atoms with Gasteiger partial charge in [-0.2, -0.15) is 0 Å². The molecule has 0 aromatic carbocycles. The molecule has 0 aliphatic rings. The van der Waals surface area contributed by atoms with Crippen LogP contribution in [0.3, 0.4) is 0 Å². The van der Waals surface area contributed by atoms with E-state index in [4.69, 9.17) is 10.5 Å². The molecule has 26 heavy (non-hydrogen) atoms. The van der Waals surface area contributed by atoms with Gasteiger partial charge in [-0.05, 0) is 26.2 Å². The topological polar surface area (TPSA) is 52.3 Å². The molecule has 0 amide bonds. The van der Waals surface area contributed by atoms with E-state index in [1.54, 1.807) is 6.92 Å². The molecule has 154 valence electrons. The molecule has 0 aromatic rings. The highest BCUT2D eigenvalue weighted by atomic mass is 16.5. The summed E-state index contributed by atoms with van der Waals surface area (Å²) in [7, 11) is 0. The van der Waals surface area contributed by atoms with Crippen molar-refractivity contribution in [2.45, 2.75) is 123 Å². The highest BCUT2D eigenvalue weighted by Crippen LogP contribution is 2.13. The number of unbranched alkanes of at least 4 members (excludes halogenated alkanes) is 12. The number of carbonyl (C=O) groups is 1. The largest absolute Gasteiger partial charge is 0.462 e. The maximum Gasteiger partial charge on any atom is 0.333 e. The van der Waals surface area contributed by atoms with E-state index >= 15 is 0 Å². The lowest BCUT2D eigenvalue weighted by molar-refractivity contribution is -0.139. The van der Waals surface area contributed by atoms with Crippen LogP contribution in [-0.4, -0.2) is 18.6 Å². The number of esters is 1. The van der Waals surface area contributed by atoms with Crippen LogP contribution in [0.5, 0.6) is 0 Å². The highest BCUT2D eigenvalue weighted by molar-refractivity contribution is 5.86. The lowest BCUT2D eigenvalue weighted by Gasteiger charge is -2.11. The highest BCUT2D eigenvalue weighted by Gasteiger charge is 2.03. The predicted octanol–water partition coefficient (Wildman–Crippen LogP) is 6.69. The molecule has 0 saturated heterocycles. The first-order valence-corrected chi connectivity index (χ1v) is 11.2. The number of hydrogen-bond acceptors (Lipinski definition) is 3. The first-order valence-electron chi connectivity index (χ1n) is 11.2. The number of nitrogens with two attached hydrogens (primary N) is 1. The van der Waals surface area contributed by atoms with Gasteiger partial charge in [0.25, 0.3) is 0 Å². The molecule has 0 heterocycles. The van der Waals surface area contributed by atoms with Crippen molar-refractivity contribution < 1.29 is 9.53 Å². The third-order valence-corrected chi connectivity index (χ3v) is 4.98. The van der Waals surface area contributed by atoms with Crippen molar-refractivity contribution >= 4 is 5.97 Å². The summed E-state index contributed by atoms with van der Waals surface area (Å²) in [5.41, 5.74) is 6.71. The van der Waals surface area contributed by atoms with Crippen molar-refractivity contribution in [1.82, 2.24) is 0 Å². The van der Waals surface area contributed by atoms with Crippen LogP contribution in [-0.2, 0) is 9.53 Å². The molecular formula is C23H45NO2. The van der Waals surface area contributed by atoms with Crippen LogP contribution in [0.25, 0.3) is 0 Å². The van der Waals surface area contributed by atoms with Crippen LogP contribution < -0.4 is 5.73 Å². The zero-order valence-corrected chi connectivity index (χ0v) is 17.7. The molecule has 0 spiro atoms. The average molecular weight is 368 g/mol. The van der Waals surface area contributed by atoms with Crippen LogP contribution >= 0.6 is 0 Å². The Morgan fingerprint density at radius 3 is 1.69 bits per heavy atom. The Morgan fingerprint density at radius 1 is 0.808 bits per heavy atom. The van der Waals surface area contributed by atoms with Gasteiger partial charge in [0, 0.05) is 11.6 Å². The van der Waals surface area contributed by atoms with E-state index in [0.29, 0.717) is 18.2 Å². The van der Waals surface area contributed by atoms with Crippen molar-refractivity contribution in [1.29, 1.82) is 0 Å². The van der Waals surface area contributed by atoms with Gasteiger partial charge >= 0.3 is 5.97 Å². The van der Waals surface area contributed by atoms with Crippen LogP contribution in [0.15, 0.2) is 12.2 Å². The third-order valence-electron chi connectivity index (χ3n) is 4.98. The van der Waals surface area contributed by atoms with E-state index in [2.05, 4.69) is 13.5 Å². The van der Waals surface area contributed by atoms with E-state index in [-0.39, 0.29) is 5.97 Å². The van der Waals surface area contributed by atoms with E-state index in [1.165, 1.54) is 89.9 Å². The van der Waals surface area contributed by atoms with E-state index in [1.807, 2.05) is 0 Å². The Bertz CT molecular complexity index is 341. The number of carbonyl (C=O) groups excluding carboxylic acids is 1. The van der Waals surface area contributed by atoms with Crippen molar-refractivity contribution in [3.05, 3.63) is 12.2 Å². The molecular weight excluding hydrogens is 322 g/mol. The summed E-state index contributed by atoms with van der Waals surface area (Å²) < 4.78 is 5.09. The van der Waals surface area contributed by atoms with Crippen LogP contribution in [0, 0.1) is 0 Å². The first kappa shape index (κ1) is 25.2. The SMILES string of the molecule is C=C(C)C(=O)OCCCCCCCCCCC(N)CCCCCCCC. The first-order chi connectivity index (χ1) is 12.6. The molecule has 2 N–H and O–H groups in total. The second-order valence-corrected chi connectivity index (χ2v) is 7.85. The van der Waals surface area contributed by atoms with E-state index in [0.717, 1.165) is 12.8 Å². The van der Waals surface area contributed by atoms with Crippen molar-refractivity contribution in [3.63, 3.8) is 0 Å². The maximum atomic E-state index is 11.2. The standard InChI is InChI=1S/C23H45NO2/c1-4-5-6-7-12-15-18-22(24)19-16-13-10-8-9-11-14-17-20-26-23(25)21(2)3/h22H,2,4-20,24H2,1,3H3. The molecule has 0 fully saturated rings. The fourth-order valence-corrected chi connectivity index (χ4v) is 3.19. The fraction of sp³-hybridized carbons (Fsp3) is 0.870. The molecule has 1 atom stereocenters. The number of hydrogen-bond donors (Lipinski definition) is 1. The Labute approximate surface area is 163 Å². The maximum absolute atomic E-state index is 11.2. The van der Waals surface area contributed by atoms with Gasteiger partial charge in [-0.25, -0.2) is 4.79 Å². The average Bonchev–Trinajstić information content (AvgIpc) is 2.62. The second kappa shape index (κ2) is 18.9. The molecule has 0 bridgehead atoms. The fourth-order valence-electron chi connectivity index (χ4n) is 3.19. The Morgan fingerprint density at radius 2 is 1.23 bits per heavy atom. The lowest BCUT2D eigenvalue weighted by Crippen LogP contribution is -2.19. The molecule has 0 saturated carbocycles. The van der Waals surface area contributed by atoms with Crippen LogP contribution in [0.2, 0.25) is 0 Å². The van der Waals surface area contributed by atoms with Gasteiger partial charge in [0.15, 0.2) is 0 Å². The molecule has 0 aliphatic heterocycles. The normalized spacial score (nSPS) is 12.1. The van der Waals surface area contributed by atoms with Gasteiger partial charge in [-0.15, -0.1) is 0 Å². The Balaban J connectivity index is 3.20. The molecule has 0 aromatic heterocycles. The summed E-state index contributed by atoms with van der Waals surface area (Å²) in [6.45, 7) is 8.05. The molecule has 3 nitrogen and oxygen atoms in total. The Kier molecular flexibility index (Phi) is 18.3. The monoisotopic (exact) mass is 367 g/mol. The van der Waals surface area contributed by atoms with Gasteiger partial charge in [0.05, 0.1) is 6.61 Å². The molecule has 0 aliphatic carbocycles. The van der Waals surface area contributed by atoms with Crippen LogP contribution in [0.4, 0.5) is 0 Å². The van der Waals surface area contributed by atoms with Gasteiger partial charge in [-0.3, -0.25) is 0 Å². The minimum Gasteiger partial charge on any atom is -0.462 e. The van der Waals surface area contributed by atoms with Crippen molar-refractivity contribution in [2.24, 2.45) is 5.73 Å². The van der Waals surface area contributed by atoms with Crippen molar-refractivity contribution in [3.8, 4) is 0 Å². The smallest absolute Gasteiger partial charge is 0.333 e. The van der Waals surface area contributed by atoms with Crippen LogP contribution in [0.1, 0.15) is 117 Å². The Hall–Kier alpha value is -0.830.